The molecule has 0 saturated heterocycles. The summed E-state index contributed by atoms with van der Waals surface area (Å²) in [5, 5.41) is 6.31. The van der Waals surface area contributed by atoms with Crippen LogP contribution in [0.15, 0.2) is 77.6 Å². The summed E-state index contributed by atoms with van der Waals surface area (Å²) in [5.41, 5.74) is 3.75. The summed E-state index contributed by atoms with van der Waals surface area (Å²) in [6.45, 7) is 2.46. The van der Waals surface area contributed by atoms with Gasteiger partial charge in [-0.3, -0.25) is 14.4 Å². The Labute approximate surface area is 209 Å². The van der Waals surface area contributed by atoms with Gasteiger partial charge in [0.05, 0.1) is 24.7 Å². The van der Waals surface area contributed by atoms with Gasteiger partial charge in [0.15, 0.2) is 0 Å². The quantitative estimate of drug-likeness (QED) is 0.331. The lowest BCUT2D eigenvalue weighted by Crippen LogP contribution is -2.31. The molecule has 36 heavy (non-hydrogen) atoms. The van der Waals surface area contributed by atoms with Gasteiger partial charge in [-0.1, -0.05) is 49.4 Å². The number of carbonyl (C=O) groups is 2. The summed E-state index contributed by atoms with van der Waals surface area (Å²) in [6, 6.07) is 22.3. The number of pyridine rings is 1. The van der Waals surface area contributed by atoms with Crippen LogP contribution in [0, 0.1) is 0 Å². The third-order valence-corrected chi connectivity index (χ3v) is 6.06. The number of amides is 2. The summed E-state index contributed by atoms with van der Waals surface area (Å²) >= 11 is 0. The molecule has 0 saturated carbocycles. The maximum atomic E-state index is 12.8. The molecule has 0 fully saturated rings. The molecule has 1 aromatic heterocycles. The second kappa shape index (κ2) is 11.4. The van der Waals surface area contributed by atoms with Crippen LogP contribution in [0.5, 0.6) is 5.75 Å². The molecule has 0 unspecified atom stereocenters. The summed E-state index contributed by atoms with van der Waals surface area (Å²) in [4.78, 5) is 40.8. The maximum Gasteiger partial charge on any atom is 0.261 e. The van der Waals surface area contributed by atoms with Crippen molar-refractivity contribution in [1.29, 1.82) is 0 Å². The first-order valence-electron chi connectivity index (χ1n) is 11.9. The van der Waals surface area contributed by atoms with Crippen LogP contribution < -0.4 is 20.9 Å². The van der Waals surface area contributed by atoms with E-state index in [-0.39, 0.29) is 17.9 Å². The van der Waals surface area contributed by atoms with E-state index in [0.29, 0.717) is 29.6 Å². The number of rotatable bonds is 9. The van der Waals surface area contributed by atoms with Gasteiger partial charge in [-0.2, -0.15) is 0 Å². The Morgan fingerprint density at radius 1 is 0.917 bits per heavy atom. The fourth-order valence-electron chi connectivity index (χ4n) is 3.99. The largest absolute Gasteiger partial charge is 0.497 e. The molecular formula is C29H29N3O4. The predicted octanol–water partition coefficient (Wildman–Crippen LogP) is 4.25. The summed E-state index contributed by atoms with van der Waals surface area (Å²) in [6.07, 6.45) is 1.78. The Morgan fingerprint density at radius 2 is 1.61 bits per heavy atom. The minimum atomic E-state index is -0.482. The predicted molar refractivity (Wildman–Crippen MR) is 142 cm³/mol. The lowest BCUT2D eigenvalue weighted by atomic mass is 10.1. The van der Waals surface area contributed by atoms with E-state index >= 15 is 0 Å². The van der Waals surface area contributed by atoms with Gasteiger partial charge < -0.3 is 20.4 Å². The van der Waals surface area contributed by atoms with Crippen molar-refractivity contribution in [2.75, 3.05) is 19.0 Å². The number of fused-ring (bicyclic) bond motifs is 1. The van der Waals surface area contributed by atoms with Crippen molar-refractivity contribution in [1.82, 2.24) is 10.3 Å². The van der Waals surface area contributed by atoms with Crippen molar-refractivity contribution in [3.63, 3.8) is 0 Å². The number of ether oxygens (including phenoxy) is 1. The summed E-state index contributed by atoms with van der Waals surface area (Å²) in [7, 11) is 1.61. The number of nitrogens with one attached hydrogen (secondary N) is 3. The van der Waals surface area contributed by atoms with Crippen LogP contribution in [0.4, 0.5) is 5.69 Å². The summed E-state index contributed by atoms with van der Waals surface area (Å²) in [5.74, 6) is 0.120. The van der Waals surface area contributed by atoms with Crippen LogP contribution in [0.1, 0.15) is 34.0 Å². The van der Waals surface area contributed by atoms with Crippen molar-refractivity contribution < 1.29 is 14.3 Å². The highest BCUT2D eigenvalue weighted by Gasteiger charge is 2.14. The number of hydrogen-bond donors (Lipinski definition) is 3. The molecule has 0 aliphatic rings. The molecule has 7 heteroatoms. The Balaban J connectivity index is 1.46. The van der Waals surface area contributed by atoms with E-state index in [1.54, 1.807) is 25.3 Å². The van der Waals surface area contributed by atoms with Crippen molar-refractivity contribution in [3.05, 3.63) is 105 Å². The molecular weight excluding hydrogens is 454 g/mol. The number of benzene rings is 3. The zero-order valence-corrected chi connectivity index (χ0v) is 20.4. The normalized spacial score (nSPS) is 10.7. The molecule has 2 amide bonds. The van der Waals surface area contributed by atoms with Crippen molar-refractivity contribution in [3.8, 4) is 5.75 Å². The Kier molecular flexibility index (Phi) is 7.80. The van der Waals surface area contributed by atoms with Gasteiger partial charge in [0.1, 0.15) is 11.3 Å². The monoisotopic (exact) mass is 483 g/mol. The van der Waals surface area contributed by atoms with Gasteiger partial charge >= 0.3 is 0 Å². The molecule has 3 N–H and O–H groups in total. The van der Waals surface area contributed by atoms with E-state index in [9.17, 15) is 14.4 Å². The van der Waals surface area contributed by atoms with Gasteiger partial charge in [-0.05, 0) is 59.9 Å². The molecule has 1 heterocycles. The van der Waals surface area contributed by atoms with Crippen LogP contribution >= 0.6 is 0 Å². The van der Waals surface area contributed by atoms with Crippen molar-refractivity contribution in [2.45, 2.75) is 26.2 Å². The molecule has 0 aliphatic heterocycles. The van der Waals surface area contributed by atoms with Crippen LogP contribution in [0.3, 0.4) is 0 Å². The van der Waals surface area contributed by atoms with Crippen molar-refractivity contribution >= 4 is 28.4 Å². The second-order valence-electron chi connectivity index (χ2n) is 8.53. The van der Waals surface area contributed by atoms with Crippen LogP contribution in [-0.2, 0) is 24.1 Å². The van der Waals surface area contributed by atoms with Gasteiger partial charge in [-0.25, -0.2) is 0 Å². The first kappa shape index (κ1) is 24.7. The zero-order chi connectivity index (χ0) is 25.5. The molecule has 0 spiro atoms. The van der Waals surface area contributed by atoms with E-state index in [1.807, 2.05) is 48.5 Å². The van der Waals surface area contributed by atoms with Crippen LogP contribution in [0.2, 0.25) is 0 Å². The number of hydrogen-bond acceptors (Lipinski definition) is 4. The van der Waals surface area contributed by atoms with Crippen LogP contribution in [0.25, 0.3) is 10.9 Å². The molecule has 0 radical (unpaired) electrons. The molecule has 7 nitrogen and oxygen atoms in total. The third-order valence-electron chi connectivity index (χ3n) is 6.06. The molecule has 4 aromatic rings. The number of aromatic nitrogens is 1. The van der Waals surface area contributed by atoms with Gasteiger partial charge in [-0.15, -0.1) is 0 Å². The molecule has 184 valence electrons. The van der Waals surface area contributed by atoms with E-state index in [4.69, 9.17) is 4.74 Å². The first-order valence-corrected chi connectivity index (χ1v) is 11.9. The Hall–Kier alpha value is -4.39. The number of anilines is 1. The van der Waals surface area contributed by atoms with E-state index in [1.165, 1.54) is 11.6 Å². The third kappa shape index (κ3) is 5.99. The molecule has 0 bridgehead atoms. The zero-order valence-electron chi connectivity index (χ0n) is 20.4. The molecule has 3 aromatic carbocycles. The van der Waals surface area contributed by atoms with E-state index < -0.39 is 11.5 Å². The van der Waals surface area contributed by atoms with Crippen molar-refractivity contribution in [2.24, 2.45) is 0 Å². The number of methoxy groups -OCH3 is 1. The Bertz CT molecular complexity index is 1420. The topological polar surface area (TPSA) is 100 Å². The van der Waals surface area contributed by atoms with E-state index in [2.05, 4.69) is 22.5 Å². The summed E-state index contributed by atoms with van der Waals surface area (Å²) < 4.78 is 5.16. The lowest BCUT2D eigenvalue weighted by Gasteiger charge is -2.11. The minimum absolute atomic E-state index is 0.00548. The number of carbonyl (C=O) groups excluding carboxylic acids is 2. The van der Waals surface area contributed by atoms with Crippen LogP contribution in [-0.4, -0.2) is 30.5 Å². The average Bonchev–Trinajstić information content (AvgIpc) is 2.89. The standard InChI is InChI=1S/C29H29N3O4/c1-3-19-7-9-21(10-8-19)17-27(33)31-25-5-4-6-26-23(25)18-24(29(35)32-26)28(34)30-16-15-20-11-13-22(36-2)14-12-20/h4-14,18H,3,15-17H2,1-2H3,(H,30,34)(H,31,33)(H,32,35). The van der Waals surface area contributed by atoms with Gasteiger partial charge in [0.2, 0.25) is 5.91 Å². The maximum absolute atomic E-state index is 12.8. The smallest absolute Gasteiger partial charge is 0.261 e. The molecule has 4 rings (SSSR count). The highest BCUT2D eigenvalue weighted by atomic mass is 16.5. The molecule has 0 atom stereocenters. The highest BCUT2D eigenvalue weighted by Crippen LogP contribution is 2.22. The SMILES string of the molecule is CCc1ccc(CC(=O)Nc2cccc3[nH]c(=O)c(C(=O)NCCc4ccc(OC)cc4)cc23)cc1. The first-order chi connectivity index (χ1) is 17.5. The fourth-order valence-corrected chi connectivity index (χ4v) is 3.99. The minimum Gasteiger partial charge on any atom is -0.497 e. The second-order valence-corrected chi connectivity index (χ2v) is 8.53. The highest BCUT2D eigenvalue weighted by molar-refractivity contribution is 6.04. The number of aromatic amines is 1. The number of H-pyrrole nitrogens is 1. The fraction of sp³-hybridized carbons (Fsp3) is 0.207. The molecule has 0 aliphatic carbocycles. The lowest BCUT2D eigenvalue weighted by molar-refractivity contribution is -0.115. The average molecular weight is 484 g/mol. The van der Waals surface area contributed by atoms with E-state index in [0.717, 1.165) is 23.3 Å². The number of aryl methyl sites for hydroxylation is 1. The Morgan fingerprint density at radius 3 is 2.31 bits per heavy atom. The van der Waals surface area contributed by atoms with Gasteiger partial charge in [0.25, 0.3) is 11.5 Å². The van der Waals surface area contributed by atoms with Gasteiger partial charge in [0, 0.05) is 11.9 Å².